The monoisotopic (exact) mass is 287 g/mol. The predicted molar refractivity (Wildman–Crippen MR) is 82.9 cm³/mol. The molecule has 0 spiro atoms. The lowest BCUT2D eigenvalue weighted by Gasteiger charge is -2.31. The predicted octanol–water partition coefficient (Wildman–Crippen LogP) is 3.29. The second kappa shape index (κ2) is 8.63. The van der Waals surface area contributed by atoms with E-state index in [9.17, 15) is 4.79 Å². The molecule has 0 heterocycles. The number of rotatable bonds is 10. The van der Waals surface area contributed by atoms with Crippen molar-refractivity contribution >= 4 is 5.97 Å². The molecule has 0 radical (unpaired) electrons. The summed E-state index contributed by atoms with van der Waals surface area (Å²) in [6, 6.07) is 0.234. The van der Waals surface area contributed by atoms with Gasteiger partial charge < -0.3 is 9.47 Å². The van der Waals surface area contributed by atoms with E-state index < -0.39 is 5.54 Å². The van der Waals surface area contributed by atoms with Crippen LogP contribution in [-0.4, -0.2) is 36.4 Å². The van der Waals surface area contributed by atoms with Gasteiger partial charge in [-0.15, -0.1) is 0 Å². The minimum atomic E-state index is -0.635. The van der Waals surface area contributed by atoms with E-state index in [1.165, 1.54) is 0 Å². The van der Waals surface area contributed by atoms with Crippen LogP contribution in [0.25, 0.3) is 0 Å². The van der Waals surface area contributed by atoms with Gasteiger partial charge in [-0.25, -0.2) is 0 Å². The Labute approximate surface area is 124 Å². The van der Waals surface area contributed by atoms with Gasteiger partial charge in [0, 0.05) is 12.6 Å². The van der Waals surface area contributed by atoms with E-state index in [2.05, 4.69) is 26.1 Å². The van der Waals surface area contributed by atoms with Gasteiger partial charge in [-0.3, -0.25) is 10.1 Å². The highest BCUT2D eigenvalue weighted by atomic mass is 16.5. The van der Waals surface area contributed by atoms with Crippen molar-refractivity contribution in [3.8, 4) is 0 Å². The molecule has 1 unspecified atom stereocenters. The van der Waals surface area contributed by atoms with Gasteiger partial charge >= 0.3 is 5.97 Å². The van der Waals surface area contributed by atoms with Gasteiger partial charge in [-0.1, -0.05) is 6.92 Å². The first-order valence-corrected chi connectivity index (χ1v) is 7.75. The molecule has 1 N–H and O–H groups in total. The smallest absolute Gasteiger partial charge is 0.326 e. The zero-order valence-corrected chi connectivity index (χ0v) is 14.3. The summed E-state index contributed by atoms with van der Waals surface area (Å²) in [5, 5.41) is 3.32. The number of esters is 1. The SMILES string of the molecule is CCOC(=O)C(C)(CCCOC(C)(C)CC)NC(C)C. The summed E-state index contributed by atoms with van der Waals surface area (Å²) < 4.78 is 11.0. The second-order valence-corrected chi connectivity index (χ2v) is 6.42. The van der Waals surface area contributed by atoms with E-state index in [0.29, 0.717) is 19.6 Å². The summed E-state index contributed by atoms with van der Waals surface area (Å²) in [7, 11) is 0. The summed E-state index contributed by atoms with van der Waals surface area (Å²) in [5.74, 6) is -0.177. The number of hydrogen-bond donors (Lipinski definition) is 1. The Balaban J connectivity index is 4.41. The van der Waals surface area contributed by atoms with Crippen molar-refractivity contribution in [3.63, 3.8) is 0 Å². The molecule has 0 aliphatic rings. The molecule has 0 aromatic carbocycles. The molecule has 0 amide bonds. The van der Waals surface area contributed by atoms with E-state index in [0.717, 1.165) is 12.8 Å². The molecule has 0 fully saturated rings. The van der Waals surface area contributed by atoms with Crippen LogP contribution < -0.4 is 5.32 Å². The number of carbonyl (C=O) groups excluding carboxylic acids is 1. The third kappa shape index (κ3) is 7.25. The summed E-state index contributed by atoms with van der Waals surface area (Å²) >= 11 is 0. The first-order chi connectivity index (χ1) is 9.17. The Kier molecular flexibility index (Phi) is 8.36. The molecule has 1 atom stereocenters. The highest BCUT2D eigenvalue weighted by Gasteiger charge is 2.34. The fourth-order valence-electron chi connectivity index (χ4n) is 2.04. The van der Waals surface area contributed by atoms with Gasteiger partial charge in [0.1, 0.15) is 5.54 Å². The Hall–Kier alpha value is -0.610. The van der Waals surface area contributed by atoms with Crippen LogP contribution in [0.3, 0.4) is 0 Å². The fraction of sp³-hybridized carbons (Fsp3) is 0.938. The molecule has 0 bridgehead atoms. The normalized spacial score (nSPS) is 15.2. The molecule has 0 rings (SSSR count). The maximum atomic E-state index is 12.1. The van der Waals surface area contributed by atoms with Gasteiger partial charge in [-0.2, -0.15) is 0 Å². The molecular weight excluding hydrogens is 254 g/mol. The minimum Gasteiger partial charge on any atom is -0.465 e. The molecule has 4 heteroatoms. The Bertz CT molecular complexity index is 289. The molecule has 0 aliphatic heterocycles. The van der Waals surface area contributed by atoms with Crippen molar-refractivity contribution in [2.24, 2.45) is 0 Å². The molecular formula is C16H33NO3. The van der Waals surface area contributed by atoms with Crippen LogP contribution in [0.15, 0.2) is 0 Å². The molecule has 120 valence electrons. The summed E-state index contributed by atoms with van der Waals surface area (Å²) in [4.78, 5) is 12.1. The number of ether oxygens (including phenoxy) is 2. The number of carbonyl (C=O) groups is 1. The van der Waals surface area contributed by atoms with E-state index in [-0.39, 0.29) is 17.6 Å². The first kappa shape index (κ1) is 19.4. The van der Waals surface area contributed by atoms with Crippen LogP contribution in [0, 0.1) is 0 Å². The van der Waals surface area contributed by atoms with Crippen molar-refractivity contribution in [2.75, 3.05) is 13.2 Å². The van der Waals surface area contributed by atoms with Gasteiger partial charge in [0.05, 0.1) is 12.2 Å². The lowest BCUT2D eigenvalue weighted by Crippen LogP contribution is -2.53. The fourth-order valence-corrected chi connectivity index (χ4v) is 2.04. The molecule has 0 saturated heterocycles. The van der Waals surface area contributed by atoms with Crippen LogP contribution in [0.4, 0.5) is 0 Å². The van der Waals surface area contributed by atoms with Gasteiger partial charge in [-0.05, 0) is 60.8 Å². The lowest BCUT2D eigenvalue weighted by molar-refractivity contribution is -0.151. The molecule has 0 saturated carbocycles. The molecule has 4 nitrogen and oxygen atoms in total. The Morgan fingerprint density at radius 2 is 1.80 bits per heavy atom. The lowest BCUT2D eigenvalue weighted by atomic mass is 9.95. The summed E-state index contributed by atoms with van der Waals surface area (Å²) in [6.45, 7) is 15.2. The first-order valence-electron chi connectivity index (χ1n) is 7.75. The Morgan fingerprint density at radius 3 is 2.25 bits per heavy atom. The number of hydrogen-bond acceptors (Lipinski definition) is 4. The zero-order valence-electron chi connectivity index (χ0n) is 14.3. The summed E-state index contributed by atoms with van der Waals surface area (Å²) in [6.07, 6.45) is 2.52. The van der Waals surface area contributed by atoms with Crippen LogP contribution >= 0.6 is 0 Å². The van der Waals surface area contributed by atoms with Gasteiger partial charge in [0.2, 0.25) is 0 Å². The summed E-state index contributed by atoms with van der Waals surface area (Å²) in [5.41, 5.74) is -0.726. The number of nitrogens with one attached hydrogen (secondary N) is 1. The van der Waals surface area contributed by atoms with E-state index in [4.69, 9.17) is 9.47 Å². The quantitative estimate of drug-likeness (QED) is 0.495. The third-order valence-electron chi connectivity index (χ3n) is 3.50. The third-order valence-corrected chi connectivity index (χ3v) is 3.50. The highest BCUT2D eigenvalue weighted by molar-refractivity contribution is 5.80. The van der Waals surface area contributed by atoms with Crippen molar-refractivity contribution in [1.29, 1.82) is 0 Å². The highest BCUT2D eigenvalue weighted by Crippen LogP contribution is 2.19. The largest absolute Gasteiger partial charge is 0.465 e. The van der Waals surface area contributed by atoms with Crippen molar-refractivity contribution in [1.82, 2.24) is 5.32 Å². The topological polar surface area (TPSA) is 47.6 Å². The molecule has 0 aromatic heterocycles. The van der Waals surface area contributed by atoms with Crippen LogP contribution in [-0.2, 0) is 14.3 Å². The second-order valence-electron chi connectivity index (χ2n) is 6.42. The van der Waals surface area contributed by atoms with Crippen LogP contribution in [0.1, 0.15) is 67.7 Å². The standard InChI is InChI=1S/C16H33NO3/c1-8-15(5,6)20-12-10-11-16(7,17-13(3)4)14(18)19-9-2/h13,17H,8-12H2,1-7H3. The Morgan fingerprint density at radius 1 is 1.20 bits per heavy atom. The van der Waals surface area contributed by atoms with Gasteiger partial charge in [0.25, 0.3) is 0 Å². The van der Waals surface area contributed by atoms with Gasteiger partial charge in [0.15, 0.2) is 0 Å². The zero-order chi connectivity index (χ0) is 15.8. The van der Waals surface area contributed by atoms with Crippen molar-refractivity contribution in [3.05, 3.63) is 0 Å². The molecule has 0 aliphatic carbocycles. The van der Waals surface area contributed by atoms with Crippen LogP contribution in [0.5, 0.6) is 0 Å². The molecule has 20 heavy (non-hydrogen) atoms. The van der Waals surface area contributed by atoms with E-state index in [1.54, 1.807) is 0 Å². The van der Waals surface area contributed by atoms with Crippen molar-refractivity contribution in [2.45, 2.75) is 84.9 Å². The average Bonchev–Trinajstić information content (AvgIpc) is 2.34. The maximum Gasteiger partial charge on any atom is 0.326 e. The average molecular weight is 287 g/mol. The maximum absolute atomic E-state index is 12.1. The van der Waals surface area contributed by atoms with E-state index in [1.807, 2.05) is 27.7 Å². The van der Waals surface area contributed by atoms with Crippen LogP contribution in [0.2, 0.25) is 0 Å². The van der Waals surface area contributed by atoms with E-state index >= 15 is 0 Å². The molecule has 0 aromatic rings. The minimum absolute atomic E-state index is 0.0915. The van der Waals surface area contributed by atoms with Crippen molar-refractivity contribution < 1.29 is 14.3 Å².